The van der Waals surface area contributed by atoms with Gasteiger partial charge in [0.15, 0.2) is 0 Å². The van der Waals surface area contributed by atoms with Crippen LogP contribution >= 0.6 is 0 Å². The Morgan fingerprint density at radius 1 is 0.818 bits per heavy atom. The number of carbonyl (C=O) groups is 1. The quantitative estimate of drug-likeness (QED) is 0.113. The molecule has 0 radical (unpaired) electrons. The number of esters is 1. The van der Waals surface area contributed by atoms with Crippen molar-refractivity contribution < 1.29 is 18.8 Å². The maximum absolute atomic E-state index is 12.1. The van der Waals surface area contributed by atoms with Gasteiger partial charge in [-0.2, -0.15) is 0 Å². The van der Waals surface area contributed by atoms with Gasteiger partial charge in [-0.3, -0.25) is 4.79 Å². The molecule has 0 N–H and O–H groups in total. The fourth-order valence-electron chi connectivity index (χ4n) is 4.14. The minimum Gasteiger partial charge on any atom is -0.457 e. The maximum atomic E-state index is 12.1. The number of hydrogen-bond donors (Lipinski definition) is 0. The van der Waals surface area contributed by atoms with E-state index in [1.807, 2.05) is 24.3 Å². The molecule has 0 amide bonds. The minimum atomic E-state index is -0.184. The molecule has 0 heterocycles. The van der Waals surface area contributed by atoms with Crippen LogP contribution < -0.4 is 4.74 Å². The van der Waals surface area contributed by atoms with Crippen LogP contribution in [-0.4, -0.2) is 37.9 Å². The fraction of sp³-hybridized carbons (Fsp3) is 0.552. The molecule has 0 saturated carbocycles. The second-order valence-corrected chi connectivity index (χ2v) is 9.66. The summed E-state index contributed by atoms with van der Waals surface area (Å²) in [5, 5.41) is 0. The maximum Gasteiger partial charge on any atom is 0.308 e. The van der Waals surface area contributed by atoms with Crippen molar-refractivity contribution in [2.45, 2.75) is 77.7 Å². The third-order valence-corrected chi connectivity index (χ3v) is 6.05. The van der Waals surface area contributed by atoms with Crippen LogP contribution in [0.2, 0.25) is 0 Å². The number of hydrogen-bond acceptors (Lipinski definition) is 3. The van der Waals surface area contributed by atoms with E-state index in [0.29, 0.717) is 6.42 Å². The molecule has 2 aromatic rings. The molecule has 0 atom stereocenters. The lowest BCUT2D eigenvalue weighted by molar-refractivity contribution is -0.903. The van der Waals surface area contributed by atoms with E-state index >= 15 is 0 Å². The zero-order chi connectivity index (χ0) is 23.8. The minimum absolute atomic E-state index is 0.0120. The van der Waals surface area contributed by atoms with Gasteiger partial charge in [-0.05, 0) is 37.3 Å². The van der Waals surface area contributed by atoms with E-state index in [1.165, 1.54) is 49.7 Å². The van der Waals surface area contributed by atoms with Gasteiger partial charge in [-0.25, -0.2) is 0 Å². The molecule has 2 aromatic carbocycles. The molecule has 0 fully saturated rings. The molecule has 0 aliphatic carbocycles. The van der Waals surface area contributed by atoms with Crippen molar-refractivity contribution in [1.29, 1.82) is 0 Å². The smallest absolute Gasteiger partial charge is 0.308 e. The first-order valence-electron chi connectivity index (χ1n) is 12.7. The van der Waals surface area contributed by atoms with Crippen molar-refractivity contribution in [3.8, 4) is 5.75 Å². The lowest BCUT2D eigenvalue weighted by Gasteiger charge is -2.30. The summed E-state index contributed by atoms with van der Waals surface area (Å²) in [4.78, 5) is 12.1. The van der Waals surface area contributed by atoms with Gasteiger partial charge in [0.1, 0.15) is 12.3 Å². The van der Waals surface area contributed by atoms with Crippen molar-refractivity contribution in [3.05, 3.63) is 65.7 Å². The van der Waals surface area contributed by atoms with Crippen LogP contribution in [0, 0.1) is 0 Å². The normalized spacial score (nSPS) is 11.4. The molecule has 2 rings (SSSR count). The van der Waals surface area contributed by atoms with Gasteiger partial charge in [0.2, 0.25) is 6.79 Å². The van der Waals surface area contributed by atoms with E-state index in [1.54, 1.807) is 0 Å². The Morgan fingerprint density at radius 2 is 1.52 bits per heavy atom. The van der Waals surface area contributed by atoms with E-state index in [9.17, 15) is 4.79 Å². The summed E-state index contributed by atoms with van der Waals surface area (Å²) in [6.45, 7) is 4.26. The van der Waals surface area contributed by atoms with Crippen molar-refractivity contribution in [2.24, 2.45) is 0 Å². The molecule has 0 aliphatic heterocycles. The first-order chi connectivity index (χ1) is 16.0. The SMILES string of the molecule is CCCCCCCCc1ccccc1OCOC(=O)CCCC[N+](C)(C)Cc1ccccc1. The Hall–Kier alpha value is -2.33. The van der Waals surface area contributed by atoms with Gasteiger partial charge in [0.25, 0.3) is 0 Å². The molecule has 33 heavy (non-hydrogen) atoms. The summed E-state index contributed by atoms with van der Waals surface area (Å²) in [5.41, 5.74) is 2.54. The number of quaternary nitrogens is 1. The number of para-hydroxylation sites is 1. The predicted octanol–water partition coefficient (Wildman–Crippen LogP) is 6.92. The van der Waals surface area contributed by atoms with Crippen LogP contribution in [0.3, 0.4) is 0 Å². The molecular weight excluding hydrogens is 410 g/mol. The monoisotopic (exact) mass is 454 g/mol. The van der Waals surface area contributed by atoms with E-state index in [2.05, 4.69) is 51.4 Å². The average molecular weight is 455 g/mol. The lowest BCUT2D eigenvalue weighted by Crippen LogP contribution is -2.39. The molecular formula is C29H44NO3+. The lowest BCUT2D eigenvalue weighted by atomic mass is 10.0. The van der Waals surface area contributed by atoms with Gasteiger partial charge in [-0.1, -0.05) is 87.6 Å². The second kappa shape index (κ2) is 15.5. The second-order valence-electron chi connectivity index (χ2n) is 9.66. The molecule has 4 heteroatoms. The van der Waals surface area contributed by atoms with Crippen LogP contribution in [0.25, 0.3) is 0 Å². The van der Waals surface area contributed by atoms with Crippen molar-refractivity contribution >= 4 is 5.97 Å². The summed E-state index contributed by atoms with van der Waals surface area (Å²) >= 11 is 0. The summed E-state index contributed by atoms with van der Waals surface area (Å²) < 4.78 is 12.0. The number of nitrogens with zero attached hydrogens (tertiary/aromatic N) is 1. The van der Waals surface area contributed by atoms with Crippen LogP contribution in [-0.2, 0) is 22.5 Å². The summed E-state index contributed by atoms with van der Waals surface area (Å²) in [6.07, 6.45) is 10.9. The van der Waals surface area contributed by atoms with Crippen LogP contribution in [0.5, 0.6) is 5.75 Å². The Kier molecular flexibility index (Phi) is 12.6. The van der Waals surface area contributed by atoms with Gasteiger partial charge in [0.05, 0.1) is 20.6 Å². The van der Waals surface area contributed by atoms with Crippen molar-refractivity contribution in [1.82, 2.24) is 0 Å². The van der Waals surface area contributed by atoms with Crippen LogP contribution in [0.1, 0.15) is 75.8 Å². The molecule has 0 aromatic heterocycles. The Labute approximate surface area is 201 Å². The summed E-state index contributed by atoms with van der Waals surface area (Å²) in [6, 6.07) is 18.6. The number of aryl methyl sites for hydroxylation is 1. The van der Waals surface area contributed by atoms with E-state index in [-0.39, 0.29) is 12.8 Å². The van der Waals surface area contributed by atoms with Crippen molar-refractivity contribution in [3.63, 3.8) is 0 Å². The Bertz CT molecular complexity index is 788. The van der Waals surface area contributed by atoms with Gasteiger partial charge in [0, 0.05) is 12.0 Å². The highest BCUT2D eigenvalue weighted by molar-refractivity contribution is 5.69. The highest BCUT2D eigenvalue weighted by Gasteiger charge is 2.16. The average Bonchev–Trinajstić information content (AvgIpc) is 2.80. The molecule has 0 unspecified atom stereocenters. The first kappa shape index (κ1) is 26.9. The van der Waals surface area contributed by atoms with E-state index in [0.717, 1.165) is 42.6 Å². The van der Waals surface area contributed by atoms with Crippen LogP contribution in [0.15, 0.2) is 54.6 Å². The topological polar surface area (TPSA) is 35.5 Å². The number of rotatable bonds is 17. The number of benzene rings is 2. The number of carbonyl (C=O) groups excluding carboxylic acids is 1. The molecule has 182 valence electrons. The number of unbranched alkanes of at least 4 members (excludes halogenated alkanes) is 6. The molecule has 4 nitrogen and oxygen atoms in total. The van der Waals surface area contributed by atoms with Gasteiger partial charge >= 0.3 is 5.97 Å². The zero-order valence-electron chi connectivity index (χ0n) is 21.1. The number of ether oxygens (including phenoxy) is 2. The Morgan fingerprint density at radius 3 is 2.30 bits per heavy atom. The third-order valence-electron chi connectivity index (χ3n) is 6.05. The standard InChI is InChI=1S/C29H44NO3/c1-4-5-6-7-8-12-19-27-20-13-14-21-28(27)32-25-33-29(31)22-15-16-23-30(2,3)24-26-17-10-9-11-18-26/h9-11,13-14,17-18,20-21H,4-8,12,15-16,19,22-25H2,1-3H3/q+1. The van der Waals surface area contributed by atoms with Gasteiger partial charge < -0.3 is 14.0 Å². The fourth-order valence-corrected chi connectivity index (χ4v) is 4.14. The Balaban J connectivity index is 1.60. The highest BCUT2D eigenvalue weighted by Crippen LogP contribution is 2.21. The summed E-state index contributed by atoms with van der Waals surface area (Å²) in [5.74, 6) is 0.649. The summed E-state index contributed by atoms with van der Waals surface area (Å²) in [7, 11) is 4.48. The largest absolute Gasteiger partial charge is 0.457 e. The van der Waals surface area contributed by atoms with Gasteiger partial charge in [-0.15, -0.1) is 0 Å². The first-order valence-corrected chi connectivity index (χ1v) is 12.7. The molecule has 0 aliphatic rings. The third kappa shape index (κ3) is 11.9. The molecule has 0 saturated heterocycles. The van der Waals surface area contributed by atoms with Crippen LogP contribution in [0.4, 0.5) is 0 Å². The molecule has 0 bridgehead atoms. The van der Waals surface area contributed by atoms with Crippen molar-refractivity contribution in [2.75, 3.05) is 27.4 Å². The highest BCUT2D eigenvalue weighted by atomic mass is 16.7. The van der Waals surface area contributed by atoms with E-state index in [4.69, 9.17) is 9.47 Å². The molecule has 0 spiro atoms. The predicted molar refractivity (Wildman–Crippen MR) is 136 cm³/mol. The van der Waals surface area contributed by atoms with E-state index < -0.39 is 0 Å². The zero-order valence-corrected chi connectivity index (χ0v) is 21.1.